The van der Waals surface area contributed by atoms with Crippen LogP contribution in [0.15, 0.2) is 18.2 Å². The number of nitrogens with two attached hydrogens (primary N) is 1. The van der Waals surface area contributed by atoms with Crippen molar-refractivity contribution >= 4 is 40.4 Å². The summed E-state index contributed by atoms with van der Waals surface area (Å²) in [6.07, 6.45) is 4.11. The molecule has 0 heterocycles. The van der Waals surface area contributed by atoms with E-state index in [0.717, 1.165) is 31.6 Å². The number of anilines is 1. The second-order valence-electron chi connectivity index (χ2n) is 5.50. The fraction of sp³-hybridized carbons (Fsp3) is 0.467. The molecular formula is C15H19ClN2OS. The number of carbonyl (C=O) groups is 1. The van der Waals surface area contributed by atoms with E-state index in [2.05, 4.69) is 12.2 Å². The maximum Gasteiger partial charge on any atom is 0.227 e. The molecular weight excluding hydrogens is 292 g/mol. The number of carbonyl (C=O) groups excluding carboxylic acids is 1. The minimum atomic E-state index is 0.0406. The predicted octanol–water partition coefficient (Wildman–Crippen LogP) is 3.74. The third-order valence-corrected chi connectivity index (χ3v) is 4.46. The Morgan fingerprint density at radius 2 is 2.00 bits per heavy atom. The molecule has 0 aliphatic heterocycles. The van der Waals surface area contributed by atoms with E-state index in [1.54, 1.807) is 18.2 Å². The van der Waals surface area contributed by atoms with E-state index in [1.165, 1.54) is 0 Å². The molecule has 1 aliphatic carbocycles. The van der Waals surface area contributed by atoms with Crippen LogP contribution >= 0.6 is 23.8 Å². The van der Waals surface area contributed by atoms with Gasteiger partial charge in [0.2, 0.25) is 5.91 Å². The van der Waals surface area contributed by atoms with Gasteiger partial charge in [-0.05, 0) is 43.7 Å². The molecule has 0 aromatic heterocycles. The number of hydrogen-bond donors (Lipinski definition) is 2. The molecule has 0 saturated heterocycles. The number of nitrogens with one attached hydrogen (secondary N) is 1. The molecule has 3 N–H and O–H groups in total. The zero-order chi connectivity index (χ0) is 14.7. The summed E-state index contributed by atoms with van der Waals surface area (Å²) in [7, 11) is 0. The summed E-state index contributed by atoms with van der Waals surface area (Å²) in [6, 6.07) is 5.19. The fourth-order valence-electron chi connectivity index (χ4n) is 2.53. The maximum atomic E-state index is 12.3. The Hall–Kier alpha value is -1.13. The van der Waals surface area contributed by atoms with E-state index < -0.39 is 0 Å². The van der Waals surface area contributed by atoms with Crippen LogP contribution in [0.1, 0.15) is 38.2 Å². The monoisotopic (exact) mass is 310 g/mol. The molecule has 108 valence electrons. The van der Waals surface area contributed by atoms with Crippen LogP contribution in [0.3, 0.4) is 0 Å². The van der Waals surface area contributed by atoms with Crippen molar-refractivity contribution in [1.82, 2.24) is 0 Å². The van der Waals surface area contributed by atoms with Crippen LogP contribution in [0.5, 0.6) is 0 Å². The van der Waals surface area contributed by atoms with Gasteiger partial charge in [-0.1, -0.05) is 36.8 Å². The molecule has 0 radical (unpaired) electrons. The Morgan fingerprint density at radius 1 is 1.35 bits per heavy atom. The van der Waals surface area contributed by atoms with Crippen LogP contribution in [-0.2, 0) is 4.79 Å². The first-order valence-electron chi connectivity index (χ1n) is 6.87. The molecule has 20 heavy (non-hydrogen) atoms. The maximum absolute atomic E-state index is 12.3. The van der Waals surface area contributed by atoms with Gasteiger partial charge in [0.15, 0.2) is 0 Å². The van der Waals surface area contributed by atoms with Crippen LogP contribution < -0.4 is 11.1 Å². The topological polar surface area (TPSA) is 55.1 Å². The Kier molecular flexibility index (Phi) is 5.00. The second-order valence-corrected chi connectivity index (χ2v) is 6.35. The zero-order valence-electron chi connectivity index (χ0n) is 11.5. The largest absolute Gasteiger partial charge is 0.389 e. The Bertz CT molecular complexity index is 525. The molecule has 1 aliphatic rings. The first-order valence-corrected chi connectivity index (χ1v) is 7.66. The van der Waals surface area contributed by atoms with E-state index in [-0.39, 0.29) is 11.8 Å². The average molecular weight is 311 g/mol. The molecule has 0 unspecified atom stereocenters. The average Bonchev–Trinajstić information content (AvgIpc) is 2.41. The second kappa shape index (κ2) is 6.55. The van der Waals surface area contributed by atoms with Crippen LogP contribution in [0.2, 0.25) is 5.02 Å². The number of amides is 1. The molecule has 1 amide bonds. The van der Waals surface area contributed by atoms with Crippen molar-refractivity contribution in [2.24, 2.45) is 17.6 Å². The third-order valence-electron chi connectivity index (χ3n) is 3.90. The van der Waals surface area contributed by atoms with Gasteiger partial charge in [0.25, 0.3) is 0 Å². The summed E-state index contributed by atoms with van der Waals surface area (Å²) in [5, 5.41) is 3.41. The van der Waals surface area contributed by atoms with E-state index in [4.69, 9.17) is 29.6 Å². The lowest BCUT2D eigenvalue weighted by Crippen LogP contribution is -2.26. The van der Waals surface area contributed by atoms with Gasteiger partial charge in [0.05, 0.1) is 10.7 Å². The first kappa shape index (κ1) is 15.3. The highest BCUT2D eigenvalue weighted by molar-refractivity contribution is 7.80. The van der Waals surface area contributed by atoms with E-state index >= 15 is 0 Å². The van der Waals surface area contributed by atoms with Crippen molar-refractivity contribution in [3.05, 3.63) is 28.8 Å². The lowest BCUT2D eigenvalue weighted by Gasteiger charge is -2.25. The summed E-state index contributed by atoms with van der Waals surface area (Å²) in [6.45, 7) is 2.23. The summed E-state index contributed by atoms with van der Waals surface area (Å²) >= 11 is 11.0. The van der Waals surface area contributed by atoms with Gasteiger partial charge >= 0.3 is 0 Å². The van der Waals surface area contributed by atoms with E-state index in [9.17, 15) is 4.79 Å². The lowest BCUT2D eigenvalue weighted by atomic mass is 9.82. The zero-order valence-corrected chi connectivity index (χ0v) is 13.1. The molecule has 1 aromatic rings. The number of halogens is 1. The minimum Gasteiger partial charge on any atom is -0.389 e. The Morgan fingerprint density at radius 3 is 2.60 bits per heavy atom. The smallest absolute Gasteiger partial charge is 0.227 e. The van der Waals surface area contributed by atoms with Gasteiger partial charge in [-0.3, -0.25) is 4.79 Å². The highest BCUT2D eigenvalue weighted by Crippen LogP contribution is 2.30. The van der Waals surface area contributed by atoms with Gasteiger partial charge in [0, 0.05) is 11.5 Å². The predicted molar refractivity (Wildman–Crippen MR) is 87.1 cm³/mol. The quantitative estimate of drug-likeness (QED) is 0.836. The van der Waals surface area contributed by atoms with E-state index in [1.807, 2.05) is 0 Å². The summed E-state index contributed by atoms with van der Waals surface area (Å²) in [4.78, 5) is 12.6. The molecule has 1 saturated carbocycles. The molecule has 5 heteroatoms. The number of hydrogen-bond acceptors (Lipinski definition) is 2. The molecule has 1 aromatic carbocycles. The summed E-state index contributed by atoms with van der Waals surface area (Å²) < 4.78 is 0. The Balaban J connectivity index is 2.07. The highest BCUT2D eigenvalue weighted by atomic mass is 35.5. The van der Waals surface area contributed by atoms with Crippen molar-refractivity contribution in [3.63, 3.8) is 0 Å². The molecule has 0 bridgehead atoms. The van der Waals surface area contributed by atoms with E-state index in [0.29, 0.717) is 21.3 Å². The van der Waals surface area contributed by atoms with Crippen molar-refractivity contribution < 1.29 is 4.79 Å². The highest BCUT2D eigenvalue weighted by Gasteiger charge is 2.24. The fourth-order valence-corrected chi connectivity index (χ4v) is 2.82. The van der Waals surface area contributed by atoms with Crippen LogP contribution in [0.4, 0.5) is 5.69 Å². The van der Waals surface area contributed by atoms with Crippen molar-refractivity contribution in [1.29, 1.82) is 0 Å². The Labute approximate surface area is 129 Å². The minimum absolute atomic E-state index is 0.0406. The van der Waals surface area contributed by atoms with Crippen molar-refractivity contribution in [2.75, 3.05) is 5.32 Å². The standard InChI is InChI=1S/C15H19ClN2OS/c1-9-2-4-10(5-3-9)15(19)18-13-8-11(14(17)20)6-7-12(13)16/h6-10H,2-5H2,1H3,(H2,17,20)(H,18,19). The SMILES string of the molecule is CC1CCC(C(=O)Nc2cc(C(N)=S)ccc2Cl)CC1. The van der Waals surface area contributed by atoms with Gasteiger partial charge in [0.1, 0.15) is 4.99 Å². The van der Waals surface area contributed by atoms with Gasteiger partial charge in [-0.15, -0.1) is 0 Å². The van der Waals surface area contributed by atoms with Crippen molar-refractivity contribution in [2.45, 2.75) is 32.6 Å². The van der Waals surface area contributed by atoms with Gasteiger partial charge < -0.3 is 11.1 Å². The number of benzene rings is 1. The molecule has 2 rings (SSSR count). The summed E-state index contributed by atoms with van der Waals surface area (Å²) in [5.41, 5.74) is 6.89. The van der Waals surface area contributed by atoms with Gasteiger partial charge in [-0.25, -0.2) is 0 Å². The first-order chi connectivity index (χ1) is 9.47. The molecule has 1 fully saturated rings. The van der Waals surface area contributed by atoms with Crippen molar-refractivity contribution in [3.8, 4) is 0 Å². The number of thiocarbonyl (C=S) groups is 1. The van der Waals surface area contributed by atoms with Crippen LogP contribution in [0, 0.1) is 11.8 Å². The molecule has 0 atom stereocenters. The van der Waals surface area contributed by atoms with Crippen LogP contribution in [0.25, 0.3) is 0 Å². The lowest BCUT2D eigenvalue weighted by molar-refractivity contribution is -0.121. The van der Waals surface area contributed by atoms with Crippen LogP contribution in [-0.4, -0.2) is 10.9 Å². The number of rotatable bonds is 3. The molecule has 3 nitrogen and oxygen atoms in total. The normalized spacial score (nSPS) is 22.3. The summed E-state index contributed by atoms with van der Waals surface area (Å²) in [5.74, 6) is 0.843. The van der Waals surface area contributed by atoms with Gasteiger partial charge in [-0.2, -0.15) is 0 Å². The third kappa shape index (κ3) is 3.70. The molecule has 0 spiro atoms.